The SMILES string of the molecule is C(OCC1CO1)C1CO1.CC=CC(=O)O. The lowest BCUT2D eigenvalue weighted by Crippen LogP contribution is -2.06. The number of allylic oxidation sites excluding steroid dienone is 1. The second-order valence-electron chi connectivity index (χ2n) is 3.29. The average Bonchev–Trinajstić information content (AvgIpc) is 2.99. The van der Waals surface area contributed by atoms with Gasteiger partial charge in [-0.2, -0.15) is 0 Å². The molecule has 0 spiro atoms. The fourth-order valence-electron chi connectivity index (χ4n) is 0.802. The Hall–Kier alpha value is -0.910. The van der Waals surface area contributed by atoms with Gasteiger partial charge in [0.2, 0.25) is 0 Å². The third-order valence-electron chi connectivity index (χ3n) is 1.72. The lowest BCUT2D eigenvalue weighted by Gasteiger charge is -1.95. The molecular weight excluding hydrogens is 200 g/mol. The molecule has 0 aromatic carbocycles. The van der Waals surface area contributed by atoms with Gasteiger partial charge in [0.05, 0.1) is 26.4 Å². The normalized spacial score (nSPS) is 27.0. The van der Waals surface area contributed by atoms with Gasteiger partial charge in [-0.05, 0) is 6.92 Å². The van der Waals surface area contributed by atoms with Gasteiger partial charge < -0.3 is 19.3 Å². The Morgan fingerprint density at radius 3 is 2.07 bits per heavy atom. The van der Waals surface area contributed by atoms with Gasteiger partial charge >= 0.3 is 5.97 Å². The van der Waals surface area contributed by atoms with Gasteiger partial charge in [-0.1, -0.05) is 6.08 Å². The molecule has 2 rings (SSSR count). The summed E-state index contributed by atoms with van der Waals surface area (Å²) in [4.78, 5) is 9.51. The summed E-state index contributed by atoms with van der Waals surface area (Å²) in [5.41, 5.74) is 0. The fraction of sp³-hybridized carbons (Fsp3) is 0.700. The molecule has 1 N–H and O–H groups in total. The van der Waals surface area contributed by atoms with E-state index in [4.69, 9.17) is 19.3 Å². The molecule has 5 nitrogen and oxygen atoms in total. The molecule has 2 saturated heterocycles. The number of carboxylic acids is 1. The Balaban J connectivity index is 0.000000167. The van der Waals surface area contributed by atoms with Crippen LogP contribution in [-0.2, 0) is 19.0 Å². The number of hydrogen-bond donors (Lipinski definition) is 1. The van der Waals surface area contributed by atoms with Gasteiger partial charge in [-0.25, -0.2) is 4.79 Å². The first-order chi connectivity index (χ1) is 7.22. The Labute approximate surface area is 88.6 Å². The Morgan fingerprint density at radius 1 is 1.40 bits per heavy atom. The molecule has 0 amide bonds. The van der Waals surface area contributed by atoms with Crippen LogP contribution in [0.4, 0.5) is 0 Å². The summed E-state index contributed by atoms with van der Waals surface area (Å²) in [5.74, 6) is -0.891. The minimum atomic E-state index is -0.891. The van der Waals surface area contributed by atoms with Crippen LogP contribution in [0.3, 0.4) is 0 Å². The third kappa shape index (κ3) is 8.11. The van der Waals surface area contributed by atoms with E-state index >= 15 is 0 Å². The van der Waals surface area contributed by atoms with Gasteiger partial charge in [-0.3, -0.25) is 0 Å². The van der Waals surface area contributed by atoms with E-state index in [-0.39, 0.29) is 0 Å². The van der Waals surface area contributed by atoms with E-state index in [2.05, 4.69) is 0 Å². The molecule has 2 aliphatic heterocycles. The molecular formula is C10H16O5. The van der Waals surface area contributed by atoms with Crippen molar-refractivity contribution in [3.63, 3.8) is 0 Å². The van der Waals surface area contributed by atoms with E-state index in [0.717, 1.165) is 32.5 Å². The molecule has 0 radical (unpaired) electrons. The Kier molecular flexibility index (Phi) is 5.31. The average molecular weight is 216 g/mol. The van der Waals surface area contributed by atoms with Gasteiger partial charge in [0.1, 0.15) is 12.2 Å². The molecule has 0 aliphatic carbocycles. The molecule has 0 aromatic rings. The van der Waals surface area contributed by atoms with Crippen molar-refractivity contribution in [2.45, 2.75) is 19.1 Å². The summed E-state index contributed by atoms with van der Waals surface area (Å²) in [6.07, 6.45) is 3.34. The zero-order valence-corrected chi connectivity index (χ0v) is 8.72. The summed E-state index contributed by atoms with van der Waals surface area (Å²) in [6, 6.07) is 0. The van der Waals surface area contributed by atoms with Crippen molar-refractivity contribution >= 4 is 5.97 Å². The van der Waals surface area contributed by atoms with E-state index in [1.165, 1.54) is 6.08 Å². The zero-order valence-electron chi connectivity index (χ0n) is 8.72. The number of ether oxygens (including phenoxy) is 3. The van der Waals surface area contributed by atoms with Crippen molar-refractivity contribution in [3.05, 3.63) is 12.2 Å². The highest BCUT2D eigenvalue weighted by Gasteiger charge is 2.26. The van der Waals surface area contributed by atoms with Crippen LogP contribution in [0.5, 0.6) is 0 Å². The summed E-state index contributed by atoms with van der Waals surface area (Å²) in [5, 5.41) is 7.83. The number of aliphatic carboxylic acids is 1. The highest BCUT2D eigenvalue weighted by atomic mass is 16.6. The molecule has 2 unspecified atom stereocenters. The number of carboxylic acid groups (broad SMARTS) is 1. The van der Waals surface area contributed by atoms with Crippen LogP contribution in [0.25, 0.3) is 0 Å². The first-order valence-corrected chi connectivity index (χ1v) is 4.89. The highest BCUT2D eigenvalue weighted by Crippen LogP contribution is 2.12. The van der Waals surface area contributed by atoms with E-state index in [0.29, 0.717) is 12.2 Å². The zero-order chi connectivity index (χ0) is 11.1. The Bertz CT molecular complexity index is 206. The first kappa shape index (κ1) is 12.2. The number of rotatable bonds is 5. The van der Waals surface area contributed by atoms with E-state index in [9.17, 15) is 4.79 Å². The molecule has 2 fully saturated rings. The van der Waals surface area contributed by atoms with Gasteiger partial charge in [0, 0.05) is 6.08 Å². The number of epoxide rings is 2. The molecule has 15 heavy (non-hydrogen) atoms. The maximum atomic E-state index is 9.51. The molecule has 0 bridgehead atoms. The second kappa shape index (κ2) is 6.55. The number of hydrogen-bond acceptors (Lipinski definition) is 4. The quantitative estimate of drug-likeness (QED) is 0.533. The van der Waals surface area contributed by atoms with Crippen LogP contribution in [0, 0.1) is 0 Å². The molecule has 2 atom stereocenters. The maximum absolute atomic E-state index is 9.51. The smallest absolute Gasteiger partial charge is 0.327 e. The topological polar surface area (TPSA) is 71.6 Å². The summed E-state index contributed by atoms with van der Waals surface area (Å²) < 4.78 is 15.1. The van der Waals surface area contributed by atoms with Crippen molar-refractivity contribution in [2.24, 2.45) is 0 Å². The van der Waals surface area contributed by atoms with Crippen molar-refractivity contribution in [1.29, 1.82) is 0 Å². The summed E-state index contributed by atoms with van der Waals surface area (Å²) >= 11 is 0. The molecule has 0 aromatic heterocycles. The standard InChI is InChI=1S/C6H10O3.C4H6O2/c1(5-3-8-5)7-2-6-4-9-6;1-2-3-4(5)6/h5-6H,1-4H2;2-3H,1H3,(H,5,6). The van der Waals surface area contributed by atoms with E-state index < -0.39 is 5.97 Å². The lowest BCUT2D eigenvalue weighted by molar-refractivity contribution is -0.131. The minimum absolute atomic E-state index is 0.392. The van der Waals surface area contributed by atoms with E-state index in [1.807, 2.05) is 0 Å². The van der Waals surface area contributed by atoms with Gasteiger partial charge in [0.15, 0.2) is 0 Å². The van der Waals surface area contributed by atoms with Gasteiger partial charge in [-0.15, -0.1) is 0 Å². The largest absolute Gasteiger partial charge is 0.478 e. The minimum Gasteiger partial charge on any atom is -0.478 e. The summed E-state index contributed by atoms with van der Waals surface area (Å²) in [7, 11) is 0. The van der Waals surface area contributed by atoms with Crippen molar-refractivity contribution in [2.75, 3.05) is 26.4 Å². The van der Waals surface area contributed by atoms with Crippen LogP contribution < -0.4 is 0 Å². The second-order valence-corrected chi connectivity index (χ2v) is 3.29. The van der Waals surface area contributed by atoms with Crippen LogP contribution in [0.15, 0.2) is 12.2 Å². The van der Waals surface area contributed by atoms with Crippen molar-refractivity contribution in [3.8, 4) is 0 Å². The first-order valence-electron chi connectivity index (χ1n) is 4.89. The molecule has 86 valence electrons. The maximum Gasteiger partial charge on any atom is 0.327 e. The molecule has 5 heteroatoms. The number of carbonyl (C=O) groups is 1. The van der Waals surface area contributed by atoms with E-state index in [1.54, 1.807) is 6.92 Å². The Morgan fingerprint density at radius 2 is 1.87 bits per heavy atom. The van der Waals surface area contributed by atoms with Crippen molar-refractivity contribution < 1.29 is 24.1 Å². The molecule has 2 aliphatic rings. The van der Waals surface area contributed by atoms with Crippen LogP contribution in [0.1, 0.15) is 6.92 Å². The van der Waals surface area contributed by atoms with Crippen molar-refractivity contribution in [1.82, 2.24) is 0 Å². The lowest BCUT2D eigenvalue weighted by atomic mass is 10.5. The predicted octanol–water partition coefficient (Wildman–Crippen LogP) is 0.448. The van der Waals surface area contributed by atoms with Crippen LogP contribution in [-0.4, -0.2) is 49.7 Å². The third-order valence-corrected chi connectivity index (χ3v) is 1.72. The highest BCUT2D eigenvalue weighted by molar-refractivity contribution is 5.79. The molecule has 2 heterocycles. The molecule has 0 saturated carbocycles. The van der Waals surface area contributed by atoms with Crippen LogP contribution >= 0.6 is 0 Å². The van der Waals surface area contributed by atoms with Crippen LogP contribution in [0.2, 0.25) is 0 Å². The van der Waals surface area contributed by atoms with Gasteiger partial charge in [0.25, 0.3) is 0 Å². The monoisotopic (exact) mass is 216 g/mol. The predicted molar refractivity (Wildman–Crippen MR) is 52.7 cm³/mol. The summed E-state index contributed by atoms with van der Waals surface area (Å²) in [6.45, 7) is 4.92. The fourth-order valence-corrected chi connectivity index (χ4v) is 0.802.